The lowest BCUT2D eigenvalue weighted by molar-refractivity contribution is 0.405. The van der Waals surface area contributed by atoms with Crippen molar-refractivity contribution < 1.29 is 8.91 Å². The van der Waals surface area contributed by atoms with E-state index in [1.807, 2.05) is 25.1 Å². The molecule has 1 aromatic carbocycles. The van der Waals surface area contributed by atoms with Crippen LogP contribution < -0.4 is 5.32 Å². The quantitative estimate of drug-likeness (QED) is 0.864. The van der Waals surface area contributed by atoms with Crippen molar-refractivity contribution in [2.75, 3.05) is 0 Å². The molecule has 2 aromatic rings. The molecule has 1 atom stereocenters. The highest BCUT2D eigenvalue weighted by Crippen LogP contribution is 2.09. The van der Waals surface area contributed by atoms with Gasteiger partial charge in [-0.1, -0.05) is 23.4 Å². The van der Waals surface area contributed by atoms with Gasteiger partial charge in [-0.05, 0) is 25.0 Å². The number of hydrogen-bond donors (Lipinski definition) is 1. The second-order valence-corrected chi connectivity index (χ2v) is 4.07. The maximum absolute atomic E-state index is 13.4. The van der Waals surface area contributed by atoms with Crippen molar-refractivity contribution in [3.63, 3.8) is 0 Å². The summed E-state index contributed by atoms with van der Waals surface area (Å²) in [5, 5.41) is 7.07. The van der Waals surface area contributed by atoms with Gasteiger partial charge in [-0.3, -0.25) is 0 Å². The first-order valence-corrected chi connectivity index (χ1v) is 5.62. The Kier molecular flexibility index (Phi) is 3.88. The summed E-state index contributed by atoms with van der Waals surface area (Å²) in [6.07, 6.45) is 2.20. The van der Waals surface area contributed by atoms with Gasteiger partial charge in [-0.25, -0.2) is 4.39 Å². The van der Waals surface area contributed by atoms with E-state index >= 15 is 0 Å². The number of nitrogens with zero attached hydrogens (tertiary/aromatic N) is 1. The van der Waals surface area contributed by atoms with E-state index in [1.54, 1.807) is 12.3 Å². The summed E-state index contributed by atoms with van der Waals surface area (Å²) in [5.41, 5.74) is 1.58. The van der Waals surface area contributed by atoms with Gasteiger partial charge in [-0.15, -0.1) is 0 Å². The first kappa shape index (κ1) is 11.8. The third-order valence-corrected chi connectivity index (χ3v) is 2.61. The minimum atomic E-state index is -0.150. The summed E-state index contributed by atoms with van der Waals surface area (Å²) in [6.45, 7) is 2.65. The smallest absolute Gasteiger partial charge is 0.126 e. The Balaban J connectivity index is 1.85. The molecule has 0 saturated heterocycles. The maximum Gasteiger partial charge on any atom is 0.126 e. The van der Waals surface area contributed by atoms with Crippen LogP contribution in [-0.4, -0.2) is 11.2 Å². The van der Waals surface area contributed by atoms with Crippen LogP contribution in [0.25, 0.3) is 0 Å². The molecule has 2 rings (SSSR count). The molecule has 0 radical (unpaired) electrons. The van der Waals surface area contributed by atoms with E-state index in [4.69, 9.17) is 4.52 Å². The third kappa shape index (κ3) is 3.39. The van der Waals surface area contributed by atoms with E-state index in [-0.39, 0.29) is 11.9 Å². The molecule has 4 heteroatoms. The third-order valence-electron chi connectivity index (χ3n) is 2.61. The zero-order valence-corrected chi connectivity index (χ0v) is 9.69. The van der Waals surface area contributed by atoms with Gasteiger partial charge in [0, 0.05) is 18.7 Å². The summed E-state index contributed by atoms with van der Waals surface area (Å²) < 4.78 is 18.1. The monoisotopic (exact) mass is 234 g/mol. The second-order valence-electron chi connectivity index (χ2n) is 4.07. The van der Waals surface area contributed by atoms with Crippen molar-refractivity contribution in [3.8, 4) is 0 Å². The molecule has 17 heavy (non-hydrogen) atoms. The Hall–Kier alpha value is -1.68. The Morgan fingerprint density at radius 3 is 2.88 bits per heavy atom. The van der Waals surface area contributed by atoms with Crippen molar-refractivity contribution in [2.45, 2.75) is 25.9 Å². The van der Waals surface area contributed by atoms with Gasteiger partial charge in [0.15, 0.2) is 0 Å². The number of nitrogens with one attached hydrogen (secondary N) is 1. The van der Waals surface area contributed by atoms with Crippen LogP contribution in [0.1, 0.15) is 18.2 Å². The average Bonchev–Trinajstić information content (AvgIpc) is 2.82. The molecule has 0 aliphatic heterocycles. The molecule has 0 aliphatic rings. The van der Waals surface area contributed by atoms with Crippen LogP contribution in [0.4, 0.5) is 4.39 Å². The standard InChI is InChI=1S/C13H15FN2O/c1-10(15-9-12-6-7-17-16-12)8-11-4-2-3-5-13(11)14/h2-7,10,15H,8-9H2,1H3. The summed E-state index contributed by atoms with van der Waals surface area (Å²) in [6, 6.07) is 8.84. The Labute approximate surface area is 99.6 Å². The van der Waals surface area contributed by atoms with E-state index in [9.17, 15) is 4.39 Å². The summed E-state index contributed by atoms with van der Waals surface area (Å²) in [5.74, 6) is -0.150. The van der Waals surface area contributed by atoms with Crippen LogP contribution in [0, 0.1) is 5.82 Å². The van der Waals surface area contributed by atoms with Gasteiger partial charge < -0.3 is 9.84 Å². The topological polar surface area (TPSA) is 38.1 Å². The van der Waals surface area contributed by atoms with E-state index in [0.717, 1.165) is 11.3 Å². The van der Waals surface area contributed by atoms with Crippen LogP contribution in [0.5, 0.6) is 0 Å². The van der Waals surface area contributed by atoms with Gasteiger partial charge in [0.2, 0.25) is 0 Å². The molecule has 0 aliphatic carbocycles. The predicted octanol–water partition coefficient (Wildman–Crippen LogP) is 2.53. The molecule has 90 valence electrons. The molecular formula is C13H15FN2O. The Morgan fingerprint density at radius 2 is 2.18 bits per heavy atom. The average molecular weight is 234 g/mol. The molecule has 1 aromatic heterocycles. The van der Waals surface area contributed by atoms with Crippen molar-refractivity contribution >= 4 is 0 Å². The van der Waals surface area contributed by atoms with E-state index in [1.165, 1.54) is 6.07 Å². The van der Waals surface area contributed by atoms with Crippen LogP contribution in [0.2, 0.25) is 0 Å². The number of halogens is 1. The van der Waals surface area contributed by atoms with E-state index < -0.39 is 0 Å². The Bertz CT molecular complexity index is 456. The Morgan fingerprint density at radius 1 is 1.35 bits per heavy atom. The van der Waals surface area contributed by atoms with Crippen LogP contribution in [0.3, 0.4) is 0 Å². The zero-order chi connectivity index (χ0) is 12.1. The lowest BCUT2D eigenvalue weighted by Crippen LogP contribution is -2.28. The largest absolute Gasteiger partial charge is 0.364 e. The van der Waals surface area contributed by atoms with Gasteiger partial charge in [-0.2, -0.15) is 0 Å². The number of hydrogen-bond acceptors (Lipinski definition) is 3. The fourth-order valence-electron chi connectivity index (χ4n) is 1.67. The lowest BCUT2D eigenvalue weighted by Gasteiger charge is -2.13. The first-order valence-electron chi connectivity index (χ1n) is 5.62. The van der Waals surface area contributed by atoms with Crippen molar-refractivity contribution in [1.29, 1.82) is 0 Å². The molecule has 0 saturated carbocycles. The normalized spacial score (nSPS) is 12.6. The maximum atomic E-state index is 13.4. The lowest BCUT2D eigenvalue weighted by atomic mass is 10.1. The van der Waals surface area contributed by atoms with Gasteiger partial charge in [0.1, 0.15) is 12.1 Å². The van der Waals surface area contributed by atoms with Gasteiger partial charge >= 0.3 is 0 Å². The predicted molar refractivity (Wildman–Crippen MR) is 62.9 cm³/mol. The minimum absolute atomic E-state index is 0.150. The fourth-order valence-corrected chi connectivity index (χ4v) is 1.67. The second kappa shape index (κ2) is 5.59. The fraction of sp³-hybridized carbons (Fsp3) is 0.308. The van der Waals surface area contributed by atoms with Crippen molar-refractivity contribution in [3.05, 3.63) is 53.7 Å². The highest BCUT2D eigenvalue weighted by Gasteiger charge is 2.07. The molecule has 1 heterocycles. The van der Waals surface area contributed by atoms with Crippen LogP contribution in [-0.2, 0) is 13.0 Å². The van der Waals surface area contributed by atoms with E-state index in [0.29, 0.717) is 13.0 Å². The summed E-state index contributed by atoms with van der Waals surface area (Å²) >= 11 is 0. The number of rotatable bonds is 5. The van der Waals surface area contributed by atoms with E-state index in [2.05, 4.69) is 10.5 Å². The molecule has 0 bridgehead atoms. The van der Waals surface area contributed by atoms with Gasteiger partial charge in [0.25, 0.3) is 0 Å². The number of aromatic nitrogens is 1. The van der Waals surface area contributed by atoms with Crippen molar-refractivity contribution in [2.24, 2.45) is 0 Å². The molecule has 0 fully saturated rings. The molecule has 1 unspecified atom stereocenters. The van der Waals surface area contributed by atoms with Crippen LogP contribution in [0.15, 0.2) is 41.1 Å². The molecule has 1 N–H and O–H groups in total. The highest BCUT2D eigenvalue weighted by atomic mass is 19.1. The molecule has 3 nitrogen and oxygen atoms in total. The molecule has 0 amide bonds. The van der Waals surface area contributed by atoms with Crippen LogP contribution >= 0.6 is 0 Å². The minimum Gasteiger partial charge on any atom is -0.364 e. The SMILES string of the molecule is CC(Cc1ccccc1F)NCc1ccon1. The highest BCUT2D eigenvalue weighted by molar-refractivity contribution is 5.18. The van der Waals surface area contributed by atoms with Crippen molar-refractivity contribution in [1.82, 2.24) is 10.5 Å². The summed E-state index contributed by atoms with van der Waals surface area (Å²) in [7, 11) is 0. The summed E-state index contributed by atoms with van der Waals surface area (Å²) in [4.78, 5) is 0. The number of benzene rings is 1. The molecular weight excluding hydrogens is 219 g/mol. The zero-order valence-electron chi connectivity index (χ0n) is 9.69. The molecule has 0 spiro atoms. The first-order chi connectivity index (χ1) is 8.25. The van der Waals surface area contributed by atoms with Gasteiger partial charge in [0.05, 0.1) is 5.69 Å².